The van der Waals surface area contributed by atoms with Gasteiger partial charge in [-0.25, -0.2) is 0 Å². The van der Waals surface area contributed by atoms with Crippen LogP contribution < -0.4 is 10.6 Å². The van der Waals surface area contributed by atoms with Crippen molar-refractivity contribution in [1.82, 2.24) is 15.5 Å². The Morgan fingerprint density at radius 3 is 2.87 bits per heavy atom. The van der Waals surface area contributed by atoms with E-state index in [1.807, 2.05) is 13.1 Å². The van der Waals surface area contributed by atoms with Gasteiger partial charge in [0.25, 0.3) is 0 Å². The highest BCUT2D eigenvalue weighted by atomic mass is 32.2. The minimum atomic E-state index is 0.584. The van der Waals surface area contributed by atoms with Crippen molar-refractivity contribution in [1.29, 1.82) is 0 Å². The van der Waals surface area contributed by atoms with E-state index in [0.29, 0.717) is 12.6 Å². The van der Waals surface area contributed by atoms with Gasteiger partial charge in [-0.2, -0.15) is 0 Å². The monoisotopic (exact) mass is 458 g/mol. The molecule has 3 rings (SSSR count). The second kappa shape index (κ2) is 11.6. The molecule has 30 heavy (non-hydrogen) atoms. The molecule has 2 aliphatic heterocycles. The Hall–Kier alpha value is -1.67. The van der Waals surface area contributed by atoms with Gasteiger partial charge in [0, 0.05) is 30.4 Å². The molecule has 1 aromatic heterocycles. The summed E-state index contributed by atoms with van der Waals surface area (Å²) in [4.78, 5) is 7.09. The minimum absolute atomic E-state index is 0.584. The van der Waals surface area contributed by atoms with Gasteiger partial charge in [-0.15, -0.1) is 11.3 Å². The van der Waals surface area contributed by atoms with Gasteiger partial charge in [0.1, 0.15) is 4.38 Å². The predicted octanol–water partition coefficient (Wildman–Crippen LogP) is 5.59. The summed E-state index contributed by atoms with van der Waals surface area (Å²) in [6.45, 7) is 15.2. The molecule has 2 aliphatic rings. The molecule has 0 radical (unpaired) electrons. The van der Waals surface area contributed by atoms with Crippen LogP contribution in [-0.2, 0) is 0 Å². The van der Waals surface area contributed by atoms with Crippen molar-refractivity contribution in [3.63, 3.8) is 0 Å². The second-order valence-corrected chi connectivity index (χ2v) is 10.5. The fourth-order valence-corrected chi connectivity index (χ4v) is 6.23. The Labute approximate surface area is 193 Å². The number of hydrogen-bond acceptors (Lipinski definition) is 7. The Morgan fingerprint density at radius 2 is 2.20 bits per heavy atom. The van der Waals surface area contributed by atoms with Gasteiger partial charge in [0.05, 0.1) is 22.1 Å². The number of hydrogen-bond donors (Lipinski definition) is 2. The van der Waals surface area contributed by atoms with Crippen LogP contribution in [0, 0.1) is 0 Å². The van der Waals surface area contributed by atoms with Gasteiger partial charge in [0.2, 0.25) is 0 Å². The summed E-state index contributed by atoms with van der Waals surface area (Å²) in [7, 11) is 2.05. The van der Waals surface area contributed by atoms with E-state index in [1.54, 1.807) is 40.9 Å². The highest BCUT2D eigenvalue weighted by molar-refractivity contribution is 8.40. The van der Waals surface area contributed by atoms with Crippen molar-refractivity contribution in [2.24, 2.45) is 4.99 Å². The first-order valence-corrected chi connectivity index (χ1v) is 12.7. The number of rotatable bonds is 8. The number of allylic oxidation sites excluding steroid dienone is 2. The number of nitrogens with zero attached hydrogens (tertiary/aromatic N) is 2. The molecule has 0 saturated carbocycles. The first-order chi connectivity index (χ1) is 14.6. The van der Waals surface area contributed by atoms with Crippen molar-refractivity contribution in [3.8, 4) is 0 Å². The highest BCUT2D eigenvalue weighted by Gasteiger charge is 2.19. The van der Waals surface area contributed by atoms with Crippen LogP contribution in [0.2, 0.25) is 0 Å². The normalized spacial score (nSPS) is 20.1. The number of aliphatic imine (C=N–C) groups is 1. The molecule has 1 atom stereocenters. The molecule has 7 heteroatoms. The second-order valence-electron chi connectivity index (χ2n) is 7.15. The third-order valence-electron chi connectivity index (χ3n) is 5.15. The number of likely N-dealkylation sites (tertiary alicyclic amines) is 1. The molecule has 0 spiro atoms. The summed E-state index contributed by atoms with van der Waals surface area (Å²) in [6.07, 6.45) is 7.26. The molecule has 2 N–H and O–H groups in total. The van der Waals surface area contributed by atoms with Crippen LogP contribution in [0.3, 0.4) is 0 Å². The Kier molecular flexibility index (Phi) is 8.93. The van der Waals surface area contributed by atoms with E-state index in [2.05, 4.69) is 58.2 Å². The summed E-state index contributed by atoms with van der Waals surface area (Å²) in [5.41, 5.74) is 3.91. The van der Waals surface area contributed by atoms with Gasteiger partial charge in [-0.3, -0.25) is 4.99 Å². The number of thioether (sulfide) groups is 2. The average Bonchev–Trinajstić information content (AvgIpc) is 3.15. The molecule has 1 fully saturated rings. The molecule has 0 bridgehead atoms. The summed E-state index contributed by atoms with van der Waals surface area (Å²) >= 11 is 5.12. The third kappa shape index (κ3) is 6.41. The minimum Gasteiger partial charge on any atom is -0.370 e. The van der Waals surface area contributed by atoms with Crippen LogP contribution in [0.5, 0.6) is 0 Å². The van der Waals surface area contributed by atoms with E-state index in [0.717, 1.165) is 53.0 Å². The van der Waals surface area contributed by atoms with Gasteiger partial charge in [-0.05, 0) is 49.2 Å². The molecular weight excluding hydrogens is 428 g/mol. The van der Waals surface area contributed by atoms with Crippen molar-refractivity contribution < 1.29 is 0 Å². The van der Waals surface area contributed by atoms with E-state index < -0.39 is 0 Å². The third-order valence-corrected chi connectivity index (χ3v) is 8.26. The smallest absolute Gasteiger partial charge is 0.134 e. The molecule has 1 aromatic rings. The molecule has 1 unspecified atom stereocenters. The SMILES string of the molecule is C=C/C=C(/NC(=C)C1=CSC(Sc2cccs2)=NC1)C(=C)N1CCCC(NC)CC1. The Bertz CT molecular complexity index is 852. The Morgan fingerprint density at radius 1 is 1.33 bits per heavy atom. The van der Waals surface area contributed by atoms with Crippen LogP contribution >= 0.6 is 34.9 Å². The van der Waals surface area contributed by atoms with Gasteiger partial charge in [-0.1, -0.05) is 55.4 Å². The maximum atomic E-state index is 4.73. The summed E-state index contributed by atoms with van der Waals surface area (Å²) in [5, 5.41) is 11.1. The number of thiophene rings is 1. The molecule has 0 aromatic carbocycles. The van der Waals surface area contributed by atoms with E-state index >= 15 is 0 Å². The molecule has 0 aliphatic carbocycles. The maximum Gasteiger partial charge on any atom is 0.134 e. The van der Waals surface area contributed by atoms with Crippen molar-refractivity contribution in [2.75, 3.05) is 26.7 Å². The zero-order valence-corrected chi connectivity index (χ0v) is 20.0. The van der Waals surface area contributed by atoms with Crippen LogP contribution in [0.25, 0.3) is 0 Å². The van der Waals surface area contributed by atoms with Gasteiger partial charge >= 0.3 is 0 Å². The molecule has 0 amide bonds. The van der Waals surface area contributed by atoms with Crippen LogP contribution in [0.4, 0.5) is 0 Å². The van der Waals surface area contributed by atoms with E-state index in [4.69, 9.17) is 4.99 Å². The fourth-order valence-electron chi connectivity index (χ4n) is 3.37. The van der Waals surface area contributed by atoms with Crippen molar-refractivity contribution >= 4 is 39.2 Å². The largest absolute Gasteiger partial charge is 0.370 e. The predicted molar refractivity (Wildman–Crippen MR) is 136 cm³/mol. The van der Waals surface area contributed by atoms with Crippen molar-refractivity contribution in [2.45, 2.75) is 29.5 Å². The van der Waals surface area contributed by atoms with Crippen LogP contribution in [-0.4, -0.2) is 42.0 Å². The summed E-state index contributed by atoms with van der Waals surface area (Å²) < 4.78 is 2.34. The van der Waals surface area contributed by atoms with Crippen LogP contribution in [0.1, 0.15) is 19.3 Å². The van der Waals surface area contributed by atoms with E-state index in [-0.39, 0.29) is 0 Å². The molecular formula is C23H30N4S3. The standard InChI is InChI=1S/C23H30N4S3/c1-5-8-21(18(3)27-12-6-9-20(24-4)11-13-27)26-17(2)19-15-25-23(29-16-19)30-22-10-7-14-28-22/h5,7-8,10,14,16,20,24,26H,1-3,6,9,11-13,15H2,4H3/b21-8+. The van der Waals surface area contributed by atoms with Gasteiger partial charge in [0.15, 0.2) is 0 Å². The zero-order valence-electron chi connectivity index (χ0n) is 17.5. The summed E-state index contributed by atoms with van der Waals surface area (Å²) in [6, 6.07) is 4.77. The van der Waals surface area contributed by atoms with E-state index in [1.165, 1.54) is 10.6 Å². The lowest BCUT2D eigenvalue weighted by Crippen LogP contribution is -2.31. The number of nitrogens with one attached hydrogen (secondary N) is 2. The molecule has 4 nitrogen and oxygen atoms in total. The summed E-state index contributed by atoms with van der Waals surface area (Å²) in [5.74, 6) is 0. The van der Waals surface area contributed by atoms with Gasteiger partial charge < -0.3 is 15.5 Å². The Balaban J connectivity index is 1.58. The van der Waals surface area contributed by atoms with Crippen LogP contribution in [0.15, 0.2) is 86.7 Å². The first kappa shape index (κ1) is 23.0. The van der Waals surface area contributed by atoms with Crippen molar-refractivity contribution in [3.05, 3.63) is 77.5 Å². The molecule has 1 saturated heterocycles. The lowest BCUT2D eigenvalue weighted by Gasteiger charge is -2.28. The lowest BCUT2D eigenvalue weighted by molar-refractivity contribution is 0.358. The first-order valence-electron chi connectivity index (χ1n) is 10.1. The fraction of sp³-hybridized carbons (Fsp3) is 0.348. The average molecular weight is 459 g/mol. The van der Waals surface area contributed by atoms with E-state index in [9.17, 15) is 0 Å². The molecule has 160 valence electrons. The highest BCUT2D eigenvalue weighted by Crippen LogP contribution is 2.33. The maximum absolute atomic E-state index is 4.73. The topological polar surface area (TPSA) is 39.7 Å². The zero-order chi connectivity index (χ0) is 21.3. The molecule has 3 heterocycles. The quantitative estimate of drug-likeness (QED) is 0.497. The lowest BCUT2D eigenvalue weighted by atomic mass is 10.1.